The Kier molecular flexibility index (Phi) is 7.39. The van der Waals surface area contributed by atoms with Crippen molar-refractivity contribution in [1.82, 2.24) is 5.43 Å². The molecule has 0 saturated carbocycles. The van der Waals surface area contributed by atoms with Crippen LogP contribution >= 0.6 is 0 Å². The summed E-state index contributed by atoms with van der Waals surface area (Å²) in [6, 6.07) is 14.7. The Balaban J connectivity index is 1.42. The minimum Gasteiger partial charge on any atom is -0.490 e. The molecule has 0 bridgehead atoms. The first-order valence-electron chi connectivity index (χ1n) is 10.9. The highest BCUT2D eigenvalue weighted by Crippen LogP contribution is 2.31. The van der Waals surface area contributed by atoms with Crippen LogP contribution in [0.1, 0.15) is 33.2 Å². The molecule has 4 rings (SSSR count). The molecular formula is C25H21N3O8. The Labute approximate surface area is 205 Å². The molecule has 0 unspecified atom stereocenters. The molecule has 0 fully saturated rings. The molecule has 3 aromatic carbocycles. The van der Waals surface area contributed by atoms with Crippen molar-refractivity contribution in [3.8, 4) is 23.0 Å². The van der Waals surface area contributed by atoms with E-state index in [0.29, 0.717) is 42.4 Å². The van der Waals surface area contributed by atoms with Crippen LogP contribution < -0.4 is 24.4 Å². The molecule has 0 radical (unpaired) electrons. The lowest BCUT2D eigenvalue weighted by Crippen LogP contribution is -2.19. The number of amides is 1. The summed E-state index contributed by atoms with van der Waals surface area (Å²) in [6.45, 7) is 2.96. The Hall–Kier alpha value is -4.93. The third-order valence-electron chi connectivity index (χ3n) is 4.97. The van der Waals surface area contributed by atoms with Gasteiger partial charge >= 0.3 is 5.97 Å². The first-order chi connectivity index (χ1) is 17.4. The van der Waals surface area contributed by atoms with Crippen LogP contribution in [0.3, 0.4) is 0 Å². The van der Waals surface area contributed by atoms with Gasteiger partial charge in [-0.3, -0.25) is 14.9 Å². The number of nitrogens with one attached hydrogen (secondary N) is 1. The lowest BCUT2D eigenvalue weighted by Gasteiger charge is -2.18. The minimum absolute atomic E-state index is 0.133. The molecule has 36 heavy (non-hydrogen) atoms. The average molecular weight is 491 g/mol. The molecule has 1 N–H and O–H groups in total. The largest absolute Gasteiger partial charge is 0.490 e. The lowest BCUT2D eigenvalue weighted by molar-refractivity contribution is -0.384. The van der Waals surface area contributed by atoms with E-state index in [1.807, 2.05) is 0 Å². The van der Waals surface area contributed by atoms with Gasteiger partial charge in [0, 0.05) is 17.7 Å². The number of hydrogen-bond acceptors (Lipinski definition) is 9. The second kappa shape index (κ2) is 11.0. The monoisotopic (exact) mass is 491 g/mol. The van der Waals surface area contributed by atoms with Crippen molar-refractivity contribution in [3.63, 3.8) is 0 Å². The molecule has 1 amide bonds. The van der Waals surface area contributed by atoms with Crippen molar-refractivity contribution in [2.75, 3.05) is 19.8 Å². The molecule has 0 spiro atoms. The van der Waals surface area contributed by atoms with Crippen molar-refractivity contribution < 1.29 is 33.5 Å². The van der Waals surface area contributed by atoms with Crippen LogP contribution in [-0.4, -0.2) is 42.8 Å². The maximum atomic E-state index is 12.5. The summed E-state index contributed by atoms with van der Waals surface area (Å²) in [6.07, 6.45) is 1.42. The predicted octanol–water partition coefficient (Wildman–Crippen LogP) is 3.75. The van der Waals surface area contributed by atoms with Gasteiger partial charge in [-0.15, -0.1) is 0 Å². The average Bonchev–Trinajstić information content (AvgIpc) is 2.90. The molecule has 11 nitrogen and oxygen atoms in total. The van der Waals surface area contributed by atoms with Crippen molar-refractivity contribution >= 4 is 23.8 Å². The number of ether oxygens (including phenoxy) is 4. The number of carbonyl (C=O) groups excluding carboxylic acids is 2. The number of benzene rings is 3. The van der Waals surface area contributed by atoms with Gasteiger partial charge in [0.1, 0.15) is 13.2 Å². The Bertz CT molecular complexity index is 1320. The van der Waals surface area contributed by atoms with Crippen LogP contribution in [0.4, 0.5) is 5.69 Å². The molecule has 184 valence electrons. The summed E-state index contributed by atoms with van der Waals surface area (Å²) < 4.78 is 21.9. The van der Waals surface area contributed by atoms with Gasteiger partial charge in [-0.2, -0.15) is 5.10 Å². The van der Waals surface area contributed by atoms with Crippen LogP contribution in [0.15, 0.2) is 65.8 Å². The first kappa shape index (κ1) is 24.2. The fourth-order valence-electron chi connectivity index (χ4n) is 3.25. The fourth-order valence-corrected chi connectivity index (χ4v) is 3.25. The Morgan fingerprint density at radius 1 is 1.00 bits per heavy atom. The summed E-state index contributed by atoms with van der Waals surface area (Å²) in [5, 5.41) is 14.8. The third-order valence-corrected chi connectivity index (χ3v) is 4.97. The van der Waals surface area contributed by atoms with E-state index >= 15 is 0 Å². The van der Waals surface area contributed by atoms with E-state index in [0.717, 1.165) is 0 Å². The van der Waals surface area contributed by atoms with Gasteiger partial charge in [-0.1, -0.05) is 0 Å². The molecule has 0 aliphatic carbocycles. The predicted molar refractivity (Wildman–Crippen MR) is 128 cm³/mol. The lowest BCUT2D eigenvalue weighted by atomic mass is 10.2. The van der Waals surface area contributed by atoms with Gasteiger partial charge < -0.3 is 18.9 Å². The van der Waals surface area contributed by atoms with E-state index in [2.05, 4.69) is 10.5 Å². The van der Waals surface area contributed by atoms with Crippen molar-refractivity contribution in [2.45, 2.75) is 6.92 Å². The number of non-ortho nitro benzene ring substituents is 1. The number of hydrogen-bond donors (Lipinski definition) is 1. The summed E-state index contributed by atoms with van der Waals surface area (Å²) >= 11 is 0. The number of esters is 1. The molecule has 3 aromatic rings. The number of fused-ring (bicyclic) bond motifs is 1. The van der Waals surface area contributed by atoms with Crippen LogP contribution in [0.5, 0.6) is 23.0 Å². The van der Waals surface area contributed by atoms with Gasteiger partial charge in [0.05, 0.1) is 23.3 Å². The van der Waals surface area contributed by atoms with Crippen LogP contribution in [0.2, 0.25) is 0 Å². The molecular weight excluding hydrogens is 470 g/mol. The summed E-state index contributed by atoms with van der Waals surface area (Å²) in [5.74, 6) is 0.408. The molecule has 1 heterocycles. The number of hydrazone groups is 1. The van der Waals surface area contributed by atoms with Gasteiger partial charge in [-0.25, -0.2) is 10.2 Å². The molecule has 1 aliphatic rings. The quantitative estimate of drug-likeness (QED) is 0.165. The van der Waals surface area contributed by atoms with E-state index in [1.54, 1.807) is 37.3 Å². The maximum Gasteiger partial charge on any atom is 0.343 e. The highest BCUT2D eigenvalue weighted by atomic mass is 16.6. The third kappa shape index (κ3) is 5.76. The van der Waals surface area contributed by atoms with E-state index in [4.69, 9.17) is 18.9 Å². The smallest absolute Gasteiger partial charge is 0.343 e. The molecule has 0 saturated heterocycles. The van der Waals surface area contributed by atoms with Gasteiger partial charge in [0.15, 0.2) is 23.0 Å². The second-order valence-electron chi connectivity index (χ2n) is 7.39. The second-order valence-corrected chi connectivity index (χ2v) is 7.39. The number of nitrogens with zero attached hydrogens (tertiary/aromatic N) is 2. The summed E-state index contributed by atoms with van der Waals surface area (Å²) in [7, 11) is 0. The summed E-state index contributed by atoms with van der Waals surface area (Å²) in [5.41, 5.74) is 3.40. The van der Waals surface area contributed by atoms with Gasteiger partial charge in [-0.05, 0) is 61.0 Å². The zero-order valence-electron chi connectivity index (χ0n) is 19.1. The van der Waals surface area contributed by atoms with Crippen molar-refractivity contribution in [3.05, 3.63) is 87.5 Å². The zero-order valence-corrected chi connectivity index (χ0v) is 19.1. The van der Waals surface area contributed by atoms with E-state index in [1.165, 1.54) is 36.5 Å². The standard InChI is InChI=1S/C25H21N3O8/c1-2-33-22-13-16(3-9-21(22)36-25(30)17-4-7-19(8-5-17)28(31)32)15-26-27-24(29)18-6-10-20-23(14-18)35-12-11-34-20/h3-10,13-15H,2,11-12H2,1H3,(H,27,29). The van der Waals surface area contributed by atoms with E-state index in [9.17, 15) is 19.7 Å². The van der Waals surface area contributed by atoms with Crippen molar-refractivity contribution in [1.29, 1.82) is 0 Å². The van der Waals surface area contributed by atoms with Crippen LogP contribution in [0, 0.1) is 10.1 Å². The molecule has 1 aliphatic heterocycles. The minimum atomic E-state index is -0.695. The number of nitro benzene ring substituents is 1. The highest BCUT2D eigenvalue weighted by molar-refractivity contribution is 5.95. The Morgan fingerprint density at radius 2 is 1.72 bits per heavy atom. The van der Waals surface area contributed by atoms with Gasteiger partial charge in [0.2, 0.25) is 0 Å². The first-order valence-corrected chi connectivity index (χ1v) is 10.9. The van der Waals surface area contributed by atoms with Crippen molar-refractivity contribution in [2.24, 2.45) is 5.10 Å². The molecule has 0 atom stereocenters. The number of rotatable bonds is 8. The highest BCUT2D eigenvalue weighted by Gasteiger charge is 2.16. The van der Waals surface area contributed by atoms with Crippen LogP contribution in [-0.2, 0) is 0 Å². The zero-order chi connectivity index (χ0) is 25.5. The van der Waals surface area contributed by atoms with Crippen LogP contribution in [0.25, 0.3) is 0 Å². The number of carbonyl (C=O) groups is 2. The van der Waals surface area contributed by atoms with Gasteiger partial charge in [0.25, 0.3) is 11.6 Å². The maximum absolute atomic E-state index is 12.5. The molecule has 11 heteroatoms. The normalized spacial score (nSPS) is 12.1. The fraction of sp³-hybridized carbons (Fsp3) is 0.160. The Morgan fingerprint density at radius 3 is 2.44 bits per heavy atom. The van der Waals surface area contributed by atoms with E-state index < -0.39 is 16.8 Å². The SMILES string of the molecule is CCOc1cc(C=NNC(=O)c2ccc3c(c2)OCCO3)ccc1OC(=O)c1ccc([N+](=O)[O-])cc1. The summed E-state index contributed by atoms with van der Waals surface area (Å²) in [4.78, 5) is 35.1. The number of nitro groups is 1. The topological polar surface area (TPSA) is 139 Å². The molecule has 0 aromatic heterocycles. The van der Waals surface area contributed by atoms with E-state index in [-0.39, 0.29) is 22.7 Å².